The summed E-state index contributed by atoms with van der Waals surface area (Å²) >= 11 is 0. The van der Waals surface area contributed by atoms with Gasteiger partial charge in [-0.3, -0.25) is 4.79 Å². The van der Waals surface area contributed by atoms with Gasteiger partial charge in [0.2, 0.25) is 0 Å². The molecule has 2 N–H and O–H groups in total. The van der Waals surface area contributed by atoms with Gasteiger partial charge in [0.15, 0.2) is 0 Å². The molecule has 2 heterocycles. The van der Waals surface area contributed by atoms with E-state index in [2.05, 4.69) is 4.90 Å². The number of hydrogen-bond donors (Lipinski definition) is 2. The number of aromatic hydroxyl groups is 1. The van der Waals surface area contributed by atoms with Crippen molar-refractivity contribution in [2.45, 2.75) is 25.4 Å². The molecule has 5 heteroatoms. The van der Waals surface area contributed by atoms with Gasteiger partial charge >= 0.3 is 0 Å². The molecule has 2 saturated heterocycles. The molecule has 0 aromatic heterocycles. The minimum atomic E-state index is -0.209. The Balaban J connectivity index is 1.48. The zero-order valence-corrected chi connectivity index (χ0v) is 16.1. The number of likely N-dealkylation sites (tertiary alicyclic amines) is 2. The van der Waals surface area contributed by atoms with E-state index in [1.165, 1.54) is 0 Å². The Hall–Kier alpha value is -2.37. The summed E-state index contributed by atoms with van der Waals surface area (Å²) in [4.78, 5) is 17.3. The molecule has 2 aliphatic rings. The lowest BCUT2D eigenvalue weighted by molar-refractivity contribution is 0.0639. The number of piperidine rings is 1. The zero-order valence-electron chi connectivity index (χ0n) is 16.1. The Morgan fingerprint density at radius 1 is 1.00 bits per heavy atom. The number of amides is 1. The summed E-state index contributed by atoms with van der Waals surface area (Å²) in [5.74, 6) is 0.382. The Kier molecular flexibility index (Phi) is 5.64. The molecular weight excluding hydrogens is 352 g/mol. The number of aliphatic hydroxyl groups excluding tert-OH is 1. The van der Waals surface area contributed by atoms with Crippen molar-refractivity contribution in [3.8, 4) is 16.9 Å². The van der Waals surface area contributed by atoms with Gasteiger partial charge in [0, 0.05) is 38.3 Å². The van der Waals surface area contributed by atoms with Crippen LogP contribution in [0, 0.1) is 5.92 Å². The summed E-state index contributed by atoms with van der Waals surface area (Å²) in [6, 6.07) is 15.0. The molecule has 0 radical (unpaired) electrons. The van der Waals surface area contributed by atoms with Crippen molar-refractivity contribution in [1.82, 2.24) is 9.80 Å². The molecule has 2 aliphatic heterocycles. The van der Waals surface area contributed by atoms with Crippen LogP contribution < -0.4 is 0 Å². The van der Waals surface area contributed by atoms with Gasteiger partial charge < -0.3 is 20.0 Å². The zero-order chi connectivity index (χ0) is 19.5. The van der Waals surface area contributed by atoms with E-state index in [1.807, 2.05) is 47.4 Å². The maximum Gasteiger partial charge on any atom is 0.257 e. The van der Waals surface area contributed by atoms with Crippen LogP contribution >= 0.6 is 0 Å². The van der Waals surface area contributed by atoms with Gasteiger partial charge in [0.05, 0.1) is 11.7 Å². The third-order valence-electron chi connectivity index (χ3n) is 5.92. The van der Waals surface area contributed by atoms with E-state index in [-0.39, 0.29) is 17.8 Å². The fourth-order valence-electron chi connectivity index (χ4n) is 4.48. The molecule has 148 valence electrons. The van der Waals surface area contributed by atoms with Crippen LogP contribution in [0.4, 0.5) is 0 Å². The molecule has 0 aliphatic carbocycles. The molecule has 0 spiro atoms. The molecular formula is C23H28N2O3. The smallest absolute Gasteiger partial charge is 0.257 e. The highest BCUT2D eigenvalue weighted by Crippen LogP contribution is 2.33. The molecule has 2 unspecified atom stereocenters. The monoisotopic (exact) mass is 380 g/mol. The number of carbonyl (C=O) groups excluding carboxylic acids is 1. The minimum absolute atomic E-state index is 0.0588. The number of benzene rings is 2. The normalized spacial score (nSPS) is 23.1. The Labute approximate surface area is 166 Å². The highest BCUT2D eigenvalue weighted by Gasteiger charge is 2.29. The first-order valence-corrected chi connectivity index (χ1v) is 10.2. The van der Waals surface area contributed by atoms with Gasteiger partial charge in [-0.05, 0) is 36.8 Å². The van der Waals surface area contributed by atoms with Gasteiger partial charge in [-0.25, -0.2) is 0 Å². The molecule has 5 nitrogen and oxygen atoms in total. The number of hydrogen-bond acceptors (Lipinski definition) is 4. The minimum Gasteiger partial charge on any atom is -0.506 e. The van der Waals surface area contributed by atoms with Crippen molar-refractivity contribution >= 4 is 5.91 Å². The van der Waals surface area contributed by atoms with Crippen molar-refractivity contribution in [2.24, 2.45) is 5.92 Å². The first-order chi connectivity index (χ1) is 13.6. The lowest BCUT2D eigenvalue weighted by atomic mass is 9.96. The van der Waals surface area contributed by atoms with Gasteiger partial charge in [-0.15, -0.1) is 0 Å². The van der Waals surface area contributed by atoms with Crippen LogP contribution in [0.5, 0.6) is 5.75 Å². The largest absolute Gasteiger partial charge is 0.506 e. The van der Waals surface area contributed by atoms with Crippen molar-refractivity contribution in [3.63, 3.8) is 0 Å². The average Bonchev–Trinajstić information content (AvgIpc) is 3.13. The third kappa shape index (κ3) is 4.05. The van der Waals surface area contributed by atoms with E-state index >= 15 is 0 Å². The van der Waals surface area contributed by atoms with Crippen molar-refractivity contribution in [2.75, 3.05) is 32.7 Å². The quantitative estimate of drug-likeness (QED) is 0.856. The number of carbonyl (C=O) groups is 1. The molecule has 2 aromatic rings. The molecule has 4 rings (SSSR count). The molecule has 2 fully saturated rings. The molecule has 28 heavy (non-hydrogen) atoms. The number of phenols is 1. The van der Waals surface area contributed by atoms with Gasteiger partial charge in [0.1, 0.15) is 5.75 Å². The highest BCUT2D eigenvalue weighted by molar-refractivity contribution is 5.99. The van der Waals surface area contributed by atoms with Gasteiger partial charge in [-0.2, -0.15) is 0 Å². The third-order valence-corrected chi connectivity index (χ3v) is 5.92. The summed E-state index contributed by atoms with van der Waals surface area (Å²) in [6.45, 7) is 4.04. The number of β-amino-alcohol motifs (C(OH)–C–C–N with tert-alkyl or cyclic N) is 1. The topological polar surface area (TPSA) is 64.0 Å². The van der Waals surface area contributed by atoms with Crippen LogP contribution in [0.1, 0.15) is 29.6 Å². The lowest BCUT2D eigenvalue weighted by Gasteiger charge is -2.35. The predicted octanol–water partition coefficient (Wildman–Crippen LogP) is 2.98. The Morgan fingerprint density at radius 2 is 1.82 bits per heavy atom. The molecule has 1 amide bonds. The van der Waals surface area contributed by atoms with E-state index in [0.717, 1.165) is 51.0 Å². The van der Waals surface area contributed by atoms with E-state index in [0.29, 0.717) is 23.6 Å². The number of nitrogens with zero attached hydrogens (tertiary/aromatic N) is 2. The Morgan fingerprint density at radius 3 is 2.57 bits per heavy atom. The predicted molar refractivity (Wildman–Crippen MR) is 109 cm³/mol. The van der Waals surface area contributed by atoms with Crippen LogP contribution in [0.15, 0.2) is 48.5 Å². The summed E-state index contributed by atoms with van der Waals surface area (Å²) in [7, 11) is 0. The standard InChI is InChI=1S/C23H28N2O3/c26-19-11-13-24(16-19)14-17-6-5-12-25(15-17)23(28)21-10-4-9-20(22(21)27)18-7-2-1-3-8-18/h1-4,7-10,17,19,26-27H,5-6,11-16H2. The van der Waals surface area contributed by atoms with E-state index in [1.54, 1.807) is 6.07 Å². The van der Waals surface area contributed by atoms with Crippen LogP contribution in [0.3, 0.4) is 0 Å². The van der Waals surface area contributed by atoms with Gasteiger partial charge in [0.25, 0.3) is 5.91 Å². The average molecular weight is 380 g/mol. The lowest BCUT2D eigenvalue weighted by Crippen LogP contribution is -2.43. The Bertz CT molecular complexity index is 824. The summed E-state index contributed by atoms with van der Waals surface area (Å²) in [5, 5.41) is 20.5. The second-order valence-electron chi connectivity index (χ2n) is 8.03. The number of phenolic OH excluding ortho intramolecular Hbond substituents is 1. The van der Waals surface area contributed by atoms with Crippen LogP contribution in [-0.2, 0) is 0 Å². The van der Waals surface area contributed by atoms with Crippen molar-refractivity contribution in [3.05, 3.63) is 54.1 Å². The SMILES string of the molecule is O=C(c1cccc(-c2ccccc2)c1O)N1CCCC(CN2CCC(O)C2)C1. The van der Waals surface area contributed by atoms with Crippen LogP contribution in [0.2, 0.25) is 0 Å². The fraction of sp³-hybridized carbons (Fsp3) is 0.435. The maximum absolute atomic E-state index is 13.2. The molecule has 2 aromatic carbocycles. The first-order valence-electron chi connectivity index (χ1n) is 10.2. The first kappa shape index (κ1) is 19.0. The van der Waals surface area contributed by atoms with E-state index < -0.39 is 0 Å². The summed E-state index contributed by atoms with van der Waals surface area (Å²) in [5.41, 5.74) is 1.96. The van der Waals surface area contributed by atoms with E-state index in [4.69, 9.17) is 0 Å². The number of rotatable bonds is 4. The molecule has 0 saturated carbocycles. The summed E-state index contributed by atoms with van der Waals surface area (Å²) in [6.07, 6.45) is 2.72. The second kappa shape index (κ2) is 8.33. The van der Waals surface area contributed by atoms with Gasteiger partial charge in [-0.1, -0.05) is 42.5 Å². The molecule has 2 atom stereocenters. The van der Waals surface area contributed by atoms with E-state index in [9.17, 15) is 15.0 Å². The highest BCUT2D eigenvalue weighted by atomic mass is 16.3. The summed E-state index contributed by atoms with van der Waals surface area (Å²) < 4.78 is 0. The number of para-hydroxylation sites is 1. The maximum atomic E-state index is 13.2. The second-order valence-corrected chi connectivity index (χ2v) is 8.03. The molecule has 0 bridgehead atoms. The van der Waals surface area contributed by atoms with Crippen LogP contribution in [-0.4, -0.2) is 64.7 Å². The van der Waals surface area contributed by atoms with Crippen LogP contribution in [0.25, 0.3) is 11.1 Å². The fourth-order valence-corrected chi connectivity index (χ4v) is 4.48. The van der Waals surface area contributed by atoms with Crippen molar-refractivity contribution < 1.29 is 15.0 Å². The number of aliphatic hydroxyl groups is 1. The van der Waals surface area contributed by atoms with Crippen molar-refractivity contribution in [1.29, 1.82) is 0 Å².